The van der Waals surface area contributed by atoms with E-state index in [1.807, 2.05) is 0 Å². The van der Waals surface area contributed by atoms with E-state index in [4.69, 9.17) is 0 Å². The van der Waals surface area contributed by atoms with Crippen molar-refractivity contribution < 1.29 is 4.79 Å². The minimum Gasteiger partial charge on any atom is -0.342 e. The number of amides is 1. The Kier molecular flexibility index (Phi) is 4.14. The summed E-state index contributed by atoms with van der Waals surface area (Å²) in [4.78, 5) is 15.5. The first-order valence-corrected chi connectivity index (χ1v) is 9.35. The molecule has 0 unspecified atom stereocenters. The zero-order valence-corrected chi connectivity index (χ0v) is 14.0. The molecule has 0 aromatic heterocycles. The van der Waals surface area contributed by atoms with Crippen LogP contribution in [0, 0.1) is 11.3 Å². The molecule has 0 bridgehead atoms. The van der Waals surface area contributed by atoms with E-state index in [1.165, 1.54) is 24.8 Å². The third kappa shape index (κ3) is 2.69. The first-order valence-electron chi connectivity index (χ1n) is 9.35. The SMILES string of the molecule is O=C(N1CCC(c2ccccc2)CC1)[C@@]12CCCC[C@H]1CNC2. The molecule has 0 radical (unpaired) electrons. The van der Waals surface area contributed by atoms with E-state index in [0.717, 1.165) is 45.4 Å². The lowest BCUT2D eigenvalue weighted by atomic mass is 9.67. The van der Waals surface area contributed by atoms with Crippen LogP contribution in [0.2, 0.25) is 0 Å². The fraction of sp³-hybridized carbons (Fsp3) is 0.650. The first kappa shape index (κ1) is 15.2. The van der Waals surface area contributed by atoms with Gasteiger partial charge in [-0.25, -0.2) is 0 Å². The van der Waals surface area contributed by atoms with Gasteiger partial charge in [0.2, 0.25) is 5.91 Å². The number of carbonyl (C=O) groups is 1. The Morgan fingerprint density at radius 2 is 1.87 bits per heavy atom. The fourth-order valence-electron chi connectivity index (χ4n) is 5.12. The molecule has 1 saturated carbocycles. The molecule has 2 atom stereocenters. The van der Waals surface area contributed by atoms with Gasteiger partial charge in [-0.15, -0.1) is 0 Å². The van der Waals surface area contributed by atoms with Crippen molar-refractivity contribution in [2.24, 2.45) is 11.3 Å². The topological polar surface area (TPSA) is 32.3 Å². The minimum absolute atomic E-state index is 0.0716. The summed E-state index contributed by atoms with van der Waals surface area (Å²) in [5.74, 6) is 1.66. The summed E-state index contributed by atoms with van der Waals surface area (Å²) in [6.07, 6.45) is 7.09. The van der Waals surface area contributed by atoms with E-state index >= 15 is 0 Å². The predicted molar refractivity (Wildman–Crippen MR) is 92.3 cm³/mol. The standard InChI is InChI=1S/C20H28N2O/c23-19(20-11-5-4-8-18(20)14-21-15-20)22-12-9-17(10-13-22)16-6-2-1-3-7-16/h1-3,6-7,17-18,21H,4-5,8-15H2/t18-,20+/m0/s1. The summed E-state index contributed by atoms with van der Waals surface area (Å²) in [5.41, 5.74) is 1.37. The largest absolute Gasteiger partial charge is 0.342 e. The van der Waals surface area contributed by atoms with Crippen LogP contribution in [0.3, 0.4) is 0 Å². The lowest BCUT2D eigenvalue weighted by Crippen LogP contribution is -2.51. The van der Waals surface area contributed by atoms with Gasteiger partial charge in [0.15, 0.2) is 0 Å². The van der Waals surface area contributed by atoms with Gasteiger partial charge in [-0.2, -0.15) is 0 Å². The summed E-state index contributed by atoms with van der Waals surface area (Å²) >= 11 is 0. The number of rotatable bonds is 2. The molecular weight excluding hydrogens is 284 g/mol. The van der Waals surface area contributed by atoms with Gasteiger partial charge in [0.25, 0.3) is 0 Å². The maximum absolute atomic E-state index is 13.3. The van der Waals surface area contributed by atoms with Crippen molar-refractivity contribution in [1.82, 2.24) is 10.2 Å². The van der Waals surface area contributed by atoms with E-state index < -0.39 is 0 Å². The molecule has 3 nitrogen and oxygen atoms in total. The number of likely N-dealkylation sites (tertiary alicyclic amines) is 1. The highest BCUT2D eigenvalue weighted by molar-refractivity contribution is 5.84. The molecule has 2 saturated heterocycles. The normalized spacial score (nSPS) is 31.8. The van der Waals surface area contributed by atoms with Crippen LogP contribution in [0.5, 0.6) is 0 Å². The van der Waals surface area contributed by atoms with E-state index in [-0.39, 0.29) is 5.41 Å². The van der Waals surface area contributed by atoms with Crippen molar-refractivity contribution in [2.45, 2.75) is 44.4 Å². The third-order valence-corrected chi connectivity index (χ3v) is 6.52. The molecule has 1 N–H and O–H groups in total. The van der Waals surface area contributed by atoms with Crippen LogP contribution in [0.15, 0.2) is 30.3 Å². The Morgan fingerprint density at radius 1 is 1.09 bits per heavy atom. The van der Waals surface area contributed by atoms with Crippen LogP contribution >= 0.6 is 0 Å². The van der Waals surface area contributed by atoms with E-state index in [2.05, 4.69) is 40.5 Å². The summed E-state index contributed by atoms with van der Waals surface area (Å²) in [6, 6.07) is 10.8. The van der Waals surface area contributed by atoms with Gasteiger partial charge in [-0.3, -0.25) is 4.79 Å². The molecule has 2 aliphatic heterocycles. The number of hydrogen-bond donors (Lipinski definition) is 1. The third-order valence-electron chi connectivity index (χ3n) is 6.52. The molecule has 1 aromatic carbocycles. The quantitative estimate of drug-likeness (QED) is 0.910. The Morgan fingerprint density at radius 3 is 2.65 bits per heavy atom. The smallest absolute Gasteiger partial charge is 0.230 e. The number of fused-ring (bicyclic) bond motifs is 1. The average molecular weight is 312 g/mol. The summed E-state index contributed by atoms with van der Waals surface area (Å²) < 4.78 is 0. The zero-order valence-electron chi connectivity index (χ0n) is 14.0. The zero-order chi connectivity index (χ0) is 15.7. The van der Waals surface area contributed by atoms with Gasteiger partial charge in [0.05, 0.1) is 5.41 Å². The van der Waals surface area contributed by atoms with Crippen LogP contribution in [-0.2, 0) is 4.79 Å². The number of benzene rings is 1. The maximum atomic E-state index is 13.3. The fourth-order valence-corrected chi connectivity index (χ4v) is 5.12. The molecule has 3 aliphatic rings. The van der Waals surface area contributed by atoms with Crippen molar-refractivity contribution >= 4 is 5.91 Å². The molecule has 1 aliphatic carbocycles. The van der Waals surface area contributed by atoms with Gasteiger partial charge in [-0.05, 0) is 49.6 Å². The molecule has 2 heterocycles. The Hall–Kier alpha value is -1.35. The molecule has 1 aromatic rings. The summed E-state index contributed by atoms with van der Waals surface area (Å²) in [6.45, 7) is 3.83. The predicted octanol–water partition coefficient (Wildman–Crippen LogP) is 3.17. The molecule has 0 spiro atoms. The number of hydrogen-bond acceptors (Lipinski definition) is 2. The van der Waals surface area contributed by atoms with Crippen LogP contribution in [0.25, 0.3) is 0 Å². The van der Waals surface area contributed by atoms with Crippen molar-refractivity contribution in [3.05, 3.63) is 35.9 Å². The van der Waals surface area contributed by atoms with Gasteiger partial charge in [-0.1, -0.05) is 43.2 Å². The second kappa shape index (κ2) is 6.27. The van der Waals surface area contributed by atoms with Gasteiger partial charge in [0.1, 0.15) is 0 Å². The van der Waals surface area contributed by atoms with Crippen LogP contribution < -0.4 is 5.32 Å². The first-order chi connectivity index (χ1) is 11.3. The summed E-state index contributed by atoms with van der Waals surface area (Å²) in [5, 5.41) is 3.51. The second-order valence-corrected chi connectivity index (χ2v) is 7.71. The number of piperidine rings is 1. The lowest BCUT2D eigenvalue weighted by Gasteiger charge is -2.43. The van der Waals surface area contributed by atoms with Crippen molar-refractivity contribution in [2.75, 3.05) is 26.2 Å². The van der Waals surface area contributed by atoms with Crippen LogP contribution in [-0.4, -0.2) is 37.0 Å². The van der Waals surface area contributed by atoms with Crippen molar-refractivity contribution in [3.8, 4) is 0 Å². The Balaban J connectivity index is 1.43. The second-order valence-electron chi connectivity index (χ2n) is 7.71. The van der Waals surface area contributed by atoms with E-state index in [1.54, 1.807) is 0 Å². The van der Waals surface area contributed by atoms with Gasteiger partial charge in [0, 0.05) is 19.6 Å². The molecule has 4 rings (SSSR count). The molecule has 1 amide bonds. The molecule has 3 heteroatoms. The number of carbonyl (C=O) groups excluding carboxylic acids is 1. The highest BCUT2D eigenvalue weighted by Gasteiger charge is 2.51. The van der Waals surface area contributed by atoms with Crippen molar-refractivity contribution in [3.63, 3.8) is 0 Å². The lowest BCUT2D eigenvalue weighted by molar-refractivity contribution is -0.146. The van der Waals surface area contributed by atoms with Gasteiger partial charge < -0.3 is 10.2 Å². The summed E-state index contributed by atoms with van der Waals surface area (Å²) in [7, 11) is 0. The van der Waals surface area contributed by atoms with Crippen molar-refractivity contribution in [1.29, 1.82) is 0 Å². The monoisotopic (exact) mass is 312 g/mol. The highest BCUT2D eigenvalue weighted by atomic mass is 16.2. The molecule has 124 valence electrons. The van der Waals surface area contributed by atoms with Crippen LogP contribution in [0.4, 0.5) is 0 Å². The van der Waals surface area contributed by atoms with E-state index in [9.17, 15) is 4.79 Å². The maximum Gasteiger partial charge on any atom is 0.230 e. The van der Waals surface area contributed by atoms with Crippen LogP contribution in [0.1, 0.15) is 50.0 Å². The molecule has 23 heavy (non-hydrogen) atoms. The average Bonchev–Trinajstić information content (AvgIpc) is 3.07. The highest BCUT2D eigenvalue weighted by Crippen LogP contribution is 2.45. The molecular formula is C20H28N2O. The number of nitrogens with zero attached hydrogens (tertiary/aromatic N) is 1. The number of nitrogens with one attached hydrogen (secondary N) is 1. The minimum atomic E-state index is -0.0716. The van der Waals surface area contributed by atoms with Gasteiger partial charge >= 0.3 is 0 Å². The molecule has 3 fully saturated rings. The Labute approximate surface area is 139 Å². The van der Waals surface area contributed by atoms with E-state index in [0.29, 0.717) is 17.7 Å². The Bertz CT molecular complexity index is 550.